The lowest BCUT2D eigenvalue weighted by molar-refractivity contribution is 0.140. The minimum Gasteiger partial charge on any atom is -0.380 e. The van der Waals surface area contributed by atoms with Crippen LogP contribution in [0.4, 0.5) is 0 Å². The largest absolute Gasteiger partial charge is 0.380 e. The van der Waals surface area contributed by atoms with Crippen molar-refractivity contribution in [1.29, 1.82) is 0 Å². The van der Waals surface area contributed by atoms with Crippen LogP contribution in [0.2, 0.25) is 0 Å². The monoisotopic (exact) mass is 220 g/mol. The molecule has 0 aliphatic carbocycles. The first kappa shape index (κ1) is 11.6. The van der Waals surface area contributed by atoms with E-state index in [0.29, 0.717) is 6.54 Å². The molecule has 0 radical (unpaired) electrons. The van der Waals surface area contributed by atoms with E-state index < -0.39 is 0 Å². The van der Waals surface area contributed by atoms with Crippen LogP contribution >= 0.6 is 0 Å². The maximum Gasteiger partial charge on any atom is 0.0593 e. The Morgan fingerprint density at radius 2 is 1.94 bits per heavy atom. The average Bonchev–Trinajstić information content (AvgIpc) is 2.58. The molecule has 2 N–H and O–H groups in total. The summed E-state index contributed by atoms with van der Waals surface area (Å²) in [5.41, 5.74) is 8.35. The van der Waals surface area contributed by atoms with E-state index in [-0.39, 0.29) is 0 Å². The van der Waals surface area contributed by atoms with Gasteiger partial charge < -0.3 is 10.5 Å². The summed E-state index contributed by atoms with van der Waals surface area (Å²) in [5, 5.41) is 0. The van der Waals surface area contributed by atoms with Crippen molar-refractivity contribution in [3.8, 4) is 0 Å². The van der Waals surface area contributed by atoms with E-state index in [0.717, 1.165) is 39.3 Å². The lowest BCUT2D eigenvalue weighted by Gasteiger charge is -2.20. The molecule has 88 valence electrons. The summed E-state index contributed by atoms with van der Waals surface area (Å²) in [7, 11) is 0. The summed E-state index contributed by atoms with van der Waals surface area (Å²) in [4.78, 5) is 2.45. The Labute approximate surface area is 97.2 Å². The minimum atomic E-state index is 0.626. The van der Waals surface area contributed by atoms with Crippen molar-refractivity contribution < 1.29 is 4.74 Å². The van der Waals surface area contributed by atoms with E-state index in [4.69, 9.17) is 10.5 Å². The number of hydrogen-bond acceptors (Lipinski definition) is 3. The first-order chi connectivity index (χ1) is 7.90. The van der Waals surface area contributed by atoms with Crippen LogP contribution in [0.3, 0.4) is 0 Å². The molecule has 1 aliphatic heterocycles. The Bertz CT molecular complexity index is 319. The van der Waals surface area contributed by atoms with Crippen molar-refractivity contribution in [3.63, 3.8) is 0 Å². The van der Waals surface area contributed by atoms with Crippen LogP contribution in [0, 0.1) is 0 Å². The van der Waals surface area contributed by atoms with Gasteiger partial charge in [0, 0.05) is 32.8 Å². The quantitative estimate of drug-likeness (QED) is 0.836. The molecule has 0 saturated carbocycles. The molecule has 1 saturated heterocycles. The Morgan fingerprint density at radius 3 is 2.75 bits per heavy atom. The predicted molar refractivity (Wildman–Crippen MR) is 65.0 cm³/mol. The van der Waals surface area contributed by atoms with Crippen molar-refractivity contribution >= 4 is 0 Å². The summed E-state index contributed by atoms with van der Waals surface area (Å²) < 4.78 is 5.45. The van der Waals surface area contributed by atoms with Gasteiger partial charge in [-0.1, -0.05) is 24.3 Å². The molecule has 3 heteroatoms. The molecule has 0 amide bonds. The SMILES string of the molecule is NCc1ccccc1CN1CCCOCC1. The van der Waals surface area contributed by atoms with Gasteiger partial charge in [0.25, 0.3) is 0 Å². The molecule has 1 aromatic carbocycles. The molecule has 1 fully saturated rings. The summed E-state index contributed by atoms with van der Waals surface area (Å²) in [6, 6.07) is 8.43. The number of rotatable bonds is 3. The standard InChI is InChI=1S/C13H20N2O/c14-10-12-4-1-2-5-13(12)11-15-6-3-8-16-9-7-15/h1-2,4-5H,3,6-11,14H2. The van der Waals surface area contributed by atoms with Crippen molar-refractivity contribution in [3.05, 3.63) is 35.4 Å². The molecule has 1 aliphatic rings. The van der Waals surface area contributed by atoms with E-state index in [2.05, 4.69) is 29.2 Å². The molecule has 0 unspecified atom stereocenters. The van der Waals surface area contributed by atoms with Crippen LogP contribution in [0.25, 0.3) is 0 Å². The number of nitrogens with two attached hydrogens (primary N) is 1. The third-order valence-electron chi connectivity index (χ3n) is 3.05. The molecule has 0 atom stereocenters. The second-order valence-corrected chi connectivity index (χ2v) is 4.21. The van der Waals surface area contributed by atoms with Crippen molar-refractivity contribution in [1.82, 2.24) is 4.90 Å². The molecule has 0 bridgehead atoms. The van der Waals surface area contributed by atoms with Crippen LogP contribution in [0.1, 0.15) is 17.5 Å². The fourth-order valence-electron chi connectivity index (χ4n) is 2.11. The second kappa shape index (κ2) is 5.99. The topological polar surface area (TPSA) is 38.5 Å². The zero-order valence-electron chi connectivity index (χ0n) is 9.69. The molecule has 1 heterocycles. The number of nitrogens with zero attached hydrogens (tertiary/aromatic N) is 1. The molecular weight excluding hydrogens is 200 g/mol. The Hall–Kier alpha value is -0.900. The lowest BCUT2D eigenvalue weighted by atomic mass is 10.1. The highest BCUT2D eigenvalue weighted by molar-refractivity contribution is 5.26. The van der Waals surface area contributed by atoms with Crippen LogP contribution < -0.4 is 5.73 Å². The van der Waals surface area contributed by atoms with Gasteiger partial charge >= 0.3 is 0 Å². The van der Waals surface area contributed by atoms with Crippen LogP contribution in [0.15, 0.2) is 24.3 Å². The molecule has 1 aromatic rings. The highest BCUT2D eigenvalue weighted by Gasteiger charge is 2.10. The van der Waals surface area contributed by atoms with Crippen molar-refractivity contribution in [2.24, 2.45) is 5.73 Å². The first-order valence-corrected chi connectivity index (χ1v) is 5.97. The van der Waals surface area contributed by atoms with Gasteiger partial charge in [0.15, 0.2) is 0 Å². The summed E-state index contributed by atoms with van der Waals surface area (Å²) in [6.07, 6.45) is 1.13. The van der Waals surface area contributed by atoms with Gasteiger partial charge in [-0.2, -0.15) is 0 Å². The van der Waals surface area contributed by atoms with Crippen LogP contribution in [-0.4, -0.2) is 31.2 Å². The number of ether oxygens (including phenoxy) is 1. The summed E-state index contributed by atoms with van der Waals surface area (Å²) in [5.74, 6) is 0. The van der Waals surface area contributed by atoms with Gasteiger partial charge in [-0.3, -0.25) is 4.90 Å². The van der Waals surface area contributed by atoms with Gasteiger partial charge in [0.2, 0.25) is 0 Å². The van der Waals surface area contributed by atoms with E-state index in [1.54, 1.807) is 0 Å². The average molecular weight is 220 g/mol. The normalized spacial score (nSPS) is 18.3. The Balaban J connectivity index is 2.01. The third kappa shape index (κ3) is 3.04. The fourth-order valence-corrected chi connectivity index (χ4v) is 2.11. The second-order valence-electron chi connectivity index (χ2n) is 4.21. The lowest BCUT2D eigenvalue weighted by Crippen LogP contribution is -2.26. The fraction of sp³-hybridized carbons (Fsp3) is 0.538. The summed E-state index contributed by atoms with van der Waals surface area (Å²) in [6.45, 7) is 5.52. The third-order valence-corrected chi connectivity index (χ3v) is 3.05. The van der Waals surface area contributed by atoms with Gasteiger partial charge in [-0.05, 0) is 17.5 Å². The Morgan fingerprint density at radius 1 is 1.12 bits per heavy atom. The first-order valence-electron chi connectivity index (χ1n) is 5.97. The van der Waals surface area contributed by atoms with E-state index in [1.807, 2.05) is 0 Å². The highest BCUT2D eigenvalue weighted by atomic mass is 16.5. The van der Waals surface area contributed by atoms with Gasteiger partial charge in [-0.15, -0.1) is 0 Å². The van der Waals surface area contributed by atoms with Gasteiger partial charge in [0.05, 0.1) is 6.61 Å². The van der Waals surface area contributed by atoms with E-state index in [9.17, 15) is 0 Å². The van der Waals surface area contributed by atoms with Crippen molar-refractivity contribution in [2.75, 3.05) is 26.3 Å². The zero-order chi connectivity index (χ0) is 11.2. The molecule has 0 spiro atoms. The molecule has 0 aromatic heterocycles. The Kier molecular flexibility index (Phi) is 4.34. The predicted octanol–water partition coefficient (Wildman–Crippen LogP) is 1.37. The van der Waals surface area contributed by atoms with Crippen LogP contribution in [-0.2, 0) is 17.8 Å². The van der Waals surface area contributed by atoms with E-state index >= 15 is 0 Å². The van der Waals surface area contributed by atoms with Crippen molar-refractivity contribution in [2.45, 2.75) is 19.5 Å². The molecule has 16 heavy (non-hydrogen) atoms. The van der Waals surface area contributed by atoms with E-state index in [1.165, 1.54) is 11.1 Å². The van der Waals surface area contributed by atoms with Gasteiger partial charge in [-0.25, -0.2) is 0 Å². The highest BCUT2D eigenvalue weighted by Crippen LogP contribution is 2.12. The smallest absolute Gasteiger partial charge is 0.0593 e. The minimum absolute atomic E-state index is 0.626. The molecule has 3 nitrogen and oxygen atoms in total. The maximum absolute atomic E-state index is 5.74. The molecule has 2 rings (SSSR count). The zero-order valence-corrected chi connectivity index (χ0v) is 9.69. The molecular formula is C13H20N2O. The van der Waals surface area contributed by atoms with Crippen LogP contribution in [0.5, 0.6) is 0 Å². The number of benzene rings is 1. The maximum atomic E-state index is 5.74. The summed E-state index contributed by atoms with van der Waals surface area (Å²) >= 11 is 0. The van der Waals surface area contributed by atoms with Gasteiger partial charge in [0.1, 0.15) is 0 Å². The number of hydrogen-bond donors (Lipinski definition) is 1.